The first kappa shape index (κ1) is 31.1. The molecular weight excluding hydrogens is 598 g/mol. The van der Waals surface area contributed by atoms with Crippen LogP contribution in [0.1, 0.15) is 75.2 Å². The lowest BCUT2D eigenvalue weighted by molar-refractivity contribution is -0.187. The van der Waals surface area contributed by atoms with Gasteiger partial charge in [0.2, 0.25) is 5.91 Å². The molecule has 1 unspecified atom stereocenters. The minimum Gasteiger partial charge on any atom is -0.341 e. The molecule has 46 heavy (non-hydrogen) atoms. The number of piperidine rings is 2. The summed E-state index contributed by atoms with van der Waals surface area (Å²) >= 11 is 0. The van der Waals surface area contributed by atoms with Crippen LogP contribution in [0.5, 0.6) is 0 Å². The van der Waals surface area contributed by atoms with E-state index in [2.05, 4.69) is 34.6 Å². The Balaban J connectivity index is 1.05. The number of para-hydroxylation sites is 2. The summed E-state index contributed by atoms with van der Waals surface area (Å²) in [7, 11) is 0. The molecule has 3 aromatic rings. The fraction of sp³-hybridized carbons (Fsp3) is 0.571. The molecule has 2 amide bonds. The van der Waals surface area contributed by atoms with E-state index in [1.165, 1.54) is 11.6 Å². The molecule has 7 rings (SSSR count). The van der Waals surface area contributed by atoms with E-state index in [1.807, 2.05) is 12.1 Å². The number of amides is 2. The van der Waals surface area contributed by atoms with Crippen LogP contribution >= 0.6 is 0 Å². The molecule has 1 aromatic heterocycles. The van der Waals surface area contributed by atoms with Crippen LogP contribution in [0, 0.1) is 12.7 Å². The first-order valence-corrected chi connectivity index (χ1v) is 16.7. The van der Waals surface area contributed by atoms with Gasteiger partial charge in [-0.2, -0.15) is 13.2 Å². The van der Waals surface area contributed by atoms with Crippen LogP contribution < -0.4 is 0 Å². The maximum atomic E-state index is 14.6. The highest BCUT2D eigenvalue weighted by atomic mass is 19.4. The van der Waals surface area contributed by atoms with Crippen LogP contribution in [0.15, 0.2) is 48.5 Å². The summed E-state index contributed by atoms with van der Waals surface area (Å²) in [6.45, 7) is 3.62. The van der Waals surface area contributed by atoms with Gasteiger partial charge in [0.05, 0.1) is 11.0 Å². The number of likely N-dealkylation sites (tertiary alicyclic amines) is 2. The van der Waals surface area contributed by atoms with E-state index in [0.29, 0.717) is 55.4 Å². The van der Waals surface area contributed by atoms with E-state index < -0.39 is 24.0 Å². The molecule has 0 aliphatic carbocycles. The average Bonchev–Trinajstić information content (AvgIpc) is 3.72. The lowest BCUT2D eigenvalue weighted by atomic mass is 9.70. The Bertz CT molecular complexity index is 1600. The Morgan fingerprint density at radius 2 is 1.65 bits per heavy atom. The second-order valence-corrected chi connectivity index (χ2v) is 13.8. The minimum absolute atomic E-state index is 0.0640. The molecular formula is C35H41F4N5O2. The molecule has 0 spiro atoms. The maximum absolute atomic E-state index is 14.6. The zero-order chi connectivity index (χ0) is 32.2. The van der Waals surface area contributed by atoms with Crippen LogP contribution in [-0.4, -0.2) is 86.5 Å². The highest BCUT2D eigenvalue weighted by Crippen LogP contribution is 2.45. The summed E-state index contributed by atoms with van der Waals surface area (Å²) < 4.78 is 56.6. The third kappa shape index (κ3) is 5.58. The van der Waals surface area contributed by atoms with Gasteiger partial charge in [-0.05, 0) is 106 Å². The van der Waals surface area contributed by atoms with Gasteiger partial charge >= 0.3 is 12.1 Å². The second-order valence-electron chi connectivity index (χ2n) is 13.8. The number of carbonyl (C=O) groups excluding carboxylic acids is 2. The maximum Gasteiger partial charge on any atom is 0.471 e. The number of rotatable bonds is 6. The minimum atomic E-state index is -5.00. The third-order valence-corrected chi connectivity index (χ3v) is 11.4. The van der Waals surface area contributed by atoms with Crippen LogP contribution in [0.3, 0.4) is 0 Å². The highest BCUT2D eigenvalue weighted by Gasteiger charge is 2.49. The summed E-state index contributed by atoms with van der Waals surface area (Å²) in [5.74, 6) is -1.60. The van der Waals surface area contributed by atoms with E-state index in [-0.39, 0.29) is 24.2 Å². The first-order chi connectivity index (χ1) is 22.0. The second kappa shape index (κ2) is 12.0. The van der Waals surface area contributed by atoms with Gasteiger partial charge in [0.1, 0.15) is 17.7 Å². The van der Waals surface area contributed by atoms with Gasteiger partial charge in [-0.15, -0.1) is 0 Å². The van der Waals surface area contributed by atoms with Crippen molar-refractivity contribution in [3.63, 3.8) is 0 Å². The average molecular weight is 640 g/mol. The van der Waals surface area contributed by atoms with Gasteiger partial charge in [0, 0.05) is 37.8 Å². The van der Waals surface area contributed by atoms with E-state index in [0.717, 1.165) is 55.6 Å². The van der Waals surface area contributed by atoms with Crippen molar-refractivity contribution >= 4 is 22.8 Å². The zero-order valence-electron chi connectivity index (χ0n) is 26.2. The monoisotopic (exact) mass is 639 g/mol. The molecule has 2 aromatic carbocycles. The van der Waals surface area contributed by atoms with Crippen LogP contribution in [0.4, 0.5) is 17.6 Å². The molecule has 246 valence electrons. The fourth-order valence-electron chi connectivity index (χ4n) is 9.09. The summed E-state index contributed by atoms with van der Waals surface area (Å²) in [6.07, 6.45) is 2.01. The van der Waals surface area contributed by atoms with Crippen LogP contribution in [0.2, 0.25) is 0 Å². The third-order valence-electron chi connectivity index (χ3n) is 11.4. The lowest BCUT2D eigenvalue weighted by Crippen LogP contribution is -2.54. The fourth-order valence-corrected chi connectivity index (χ4v) is 9.09. The smallest absolute Gasteiger partial charge is 0.341 e. The quantitative estimate of drug-likeness (QED) is 0.304. The number of benzene rings is 2. The van der Waals surface area contributed by atoms with Gasteiger partial charge in [-0.1, -0.05) is 24.3 Å². The zero-order valence-corrected chi connectivity index (χ0v) is 26.2. The number of hydrogen-bond donors (Lipinski definition) is 0. The molecule has 4 aliphatic rings. The van der Waals surface area contributed by atoms with Crippen molar-refractivity contribution in [3.8, 4) is 0 Å². The van der Waals surface area contributed by atoms with Gasteiger partial charge < -0.3 is 14.4 Å². The summed E-state index contributed by atoms with van der Waals surface area (Å²) in [5.41, 5.74) is 2.78. The van der Waals surface area contributed by atoms with E-state index in [4.69, 9.17) is 4.98 Å². The Morgan fingerprint density at radius 1 is 0.935 bits per heavy atom. The van der Waals surface area contributed by atoms with Crippen LogP contribution in [0.25, 0.3) is 11.0 Å². The predicted octanol–water partition coefficient (Wildman–Crippen LogP) is 6.16. The van der Waals surface area contributed by atoms with Gasteiger partial charge in [-0.25, -0.2) is 9.37 Å². The Labute approximate surface area is 266 Å². The van der Waals surface area contributed by atoms with Gasteiger partial charge in [0.15, 0.2) is 0 Å². The van der Waals surface area contributed by atoms with Crippen LogP contribution in [-0.2, 0) is 15.0 Å². The standard InChI is InChI=1S/C35H41F4N5O2/c1-23-40-29-8-2-3-9-30(29)44(23)28-21-26-11-12-27(22-28)42(26)19-15-34(24-6-4-7-25(36)20-24)13-17-41(18-14-34)32(45)31-10-5-16-43(31)33(46)35(37,38)39/h2-4,6-9,20,26-28,31H,5,10-19,21-22H2,1H3/t26-,27+,28?,31-/m1/s1. The molecule has 7 nitrogen and oxygen atoms in total. The highest BCUT2D eigenvalue weighted by molar-refractivity contribution is 5.90. The predicted molar refractivity (Wildman–Crippen MR) is 166 cm³/mol. The Kier molecular flexibility index (Phi) is 8.10. The van der Waals surface area contributed by atoms with Crippen molar-refractivity contribution < 1.29 is 27.2 Å². The van der Waals surface area contributed by atoms with E-state index in [9.17, 15) is 27.2 Å². The molecule has 4 saturated heterocycles. The summed E-state index contributed by atoms with van der Waals surface area (Å²) in [6, 6.07) is 15.3. The molecule has 2 bridgehead atoms. The number of alkyl halides is 3. The topological polar surface area (TPSA) is 61.7 Å². The van der Waals surface area contributed by atoms with Crippen molar-refractivity contribution in [3.05, 3.63) is 65.7 Å². The largest absolute Gasteiger partial charge is 0.471 e. The first-order valence-electron chi connectivity index (χ1n) is 16.7. The Hall–Kier alpha value is -3.47. The van der Waals surface area contributed by atoms with E-state index in [1.54, 1.807) is 17.0 Å². The molecule has 0 saturated carbocycles. The molecule has 0 radical (unpaired) electrons. The normalized spacial score (nSPS) is 26.6. The molecule has 0 N–H and O–H groups in total. The molecule has 4 atom stereocenters. The number of nitrogens with zero attached hydrogens (tertiary/aromatic N) is 5. The van der Waals surface area contributed by atoms with Gasteiger partial charge in [0.25, 0.3) is 0 Å². The van der Waals surface area contributed by atoms with Crippen molar-refractivity contribution in [2.75, 3.05) is 26.2 Å². The number of carbonyl (C=O) groups is 2. The van der Waals surface area contributed by atoms with Crippen molar-refractivity contribution in [1.29, 1.82) is 0 Å². The van der Waals surface area contributed by atoms with Crippen molar-refractivity contribution in [2.45, 2.75) is 100 Å². The number of fused-ring (bicyclic) bond motifs is 3. The number of halogens is 4. The van der Waals surface area contributed by atoms with Crippen molar-refractivity contribution in [2.24, 2.45) is 0 Å². The molecule has 4 fully saturated rings. The SMILES string of the molecule is Cc1nc2ccccc2n1C1C[C@H]2CC[C@@H](C1)N2CCC1(c2cccc(F)c2)CCN(C(=O)[C@H]2CCCN2C(=O)C(F)(F)F)CC1. The number of hydrogen-bond acceptors (Lipinski definition) is 4. The molecule has 5 heterocycles. The number of aryl methyl sites for hydroxylation is 1. The van der Waals surface area contributed by atoms with Gasteiger partial charge in [-0.3, -0.25) is 14.5 Å². The lowest BCUT2D eigenvalue weighted by Gasteiger charge is -2.46. The summed E-state index contributed by atoms with van der Waals surface area (Å²) in [4.78, 5) is 35.3. The van der Waals surface area contributed by atoms with E-state index >= 15 is 0 Å². The number of imidazole rings is 1. The number of aromatic nitrogens is 2. The molecule has 4 aliphatic heterocycles. The van der Waals surface area contributed by atoms with Crippen molar-refractivity contribution in [1.82, 2.24) is 24.3 Å². The molecule has 11 heteroatoms. The Morgan fingerprint density at radius 3 is 2.35 bits per heavy atom. The summed E-state index contributed by atoms with van der Waals surface area (Å²) in [5, 5.41) is 0.